The Morgan fingerprint density at radius 1 is 1.17 bits per heavy atom. The van der Waals surface area contributed by atoms with Gasteiger partial charge in [-0.3, -0.25) is 0 Å². The molecule has 1 rings (SSSR count). The maximum absolute atomic E-state index is 9.61. The Balaban J connectivity index is 2.70. The van der Waals surface area contributed by atoms with Crippen molar-refractivity contribution in [3.8, 4) is 5.75 Å². The molecule has 0 saturated carbocycles. The fourth-order valence-electron chi connectivity index (χ4n) is 3.13. The van der Waals surface area contributed by atoms with Gasteiger partial charge in [0.1, 0.15) is 5.75 Å². The summed E-state index contributed by atoms with van der Waals surface area (Å²) in [6.07, 6.45) is 5.02. The average molecular weight is 248 g/mol. The second-order valence-corrected chi connectivity index (χ2v) is 5.72. The molecular formula is C17H28O. The summed E-state index contributed by atoms with van der Waals surface area (Å²) in [5, 5.41) is 9.61. The molecule has 0 heterocycles. The summed E-state index contributed by atoms with van der Waals surface area (Å²) in [6.45, 7) is 9.21. The maximum Gasteiger partial charge on any atom is 0.115 e. The lowest BCUT2D eigenvalue weighted by molar-refractivity contribution is 0.338. The van der Waals surface area contributed by atoms with Gasteiger partial charge in [-0.15, -0.1) is 0 Å². The first-order valence-corrected chi connectivity index (χ1v) is 7.37. The molecule has 3 unspecified atom stereocenters. The van der Waals surface area contributed by atoms with Crippen LogP contribution in [0.2, 0.25) is 0 Å². The molecule has 0 aliphatic rings. The van der Waals surface area contributed by atoms with E-state index >= 15 is 0 Å². The summed E-state index contributed by atoms with van der Waals surface area (Å²) in [5.41, 5.74) is 1.29. The largest absolute Gasteiger partial charge is 0.508 e. The number of phenols is 1. The SMILES string of the molecule is CCCC(C)CC(C)C(CC)c1cccc(O)c1. The van der Waals surface area contributed by atoms with E-state index in [-0.39, 0.29) is 0 Å². The first-order chi connectivity index (χ1) is 8.58. The van der Waals surface area contributed by atoms with Gasteiger partial charge >= 0.3 is 0 Å². The van der Waals surface area contributed by atoms with Gasteiger partial charge in [-0.25, -0.2) is 0 Å². The monoisotopic (exact) mass is 248 g/mol. The van der Waals surface area contributed by atoms with Crippen LogP contribution in [0.4, 0.5) is 0 Å². The standard InChI is InChI=1S/C17H28O/c1-5-8-13(3)11-14(4)17(6-2)15-9-7-10-16(18)12-15/h7,9-10,12-14,17-18H,5-6,8,11H2,1-4H3. The third kappa shape index (κ3) is 4.36. The Morgan fingerprint density at radius 3 is 2.44 bits per heavy atom. The van der Waals surface area contributed by atoms with Gasteiger partial charge in [-0.2, -0.15) is 0 Å². The zero-order valence-electron chi connectivity index (χ0n) is 12.3. The molecule has 1 nitrogen and oxygen atoms in total. The van der Waals surface area contributed by atoms with E-state index in [2.05, 4.69) is 33.8 Å². The van der Waals surface area contributed by atoms with Crippen molar-refractivity contribution in [1.29, 1.82) is 0 Å². The second kappa shape index (κ2) is 7.45. The summed E-state index contributed by atoms with van der Waals surface area (Å²) in [5.74, 6) is 2.44. The molecule has 0 amide bonds. The molecule has 18 heavy (non-hydrogen) atoms. The molecule has 102 valence electrons. The highest BCUT2D eigenvalue weighted by Gasteiger charge is 2.19. The van der Waals surface area contributed by atoms with E-state index in [9.17, 15) is 5.11 Å². The molecule has 0 aliphatic carbocycles. The zero-order chi connectivity index (χ0) is 13.5. The lowest BCUT2D eigenvalue weighted by atomic mass is 9.79. The molecule has 1 N–H and O–H groups in total. The molecule has 0 saturated heterocycles. The van der Waals surface area contributed by atoms with E-state index in [1.165, 1.54) is 24.8 Å². The van der Waals surface area contributed by atoms with Gasteiger partial charge in [0.05, 0.1) is 0 Å². The van der Waals surface area contributed by atoms with Gasteiger partial charge in [0.2, 0.25) is 0 Å². The number of aromatic hydroxyl groups is 1. The molecule has 0 aliphatic heterocycles. The first kappa shape index (κ1) is 15.1. The topological polar surface area (TPSA) is 20.2 Å². The van der Waals surface area contributed by atoms with E-state index in [0.29, 0.717) is 17.6 Å². The second-order valence-electron chi connectivity index (χ2n) is 5.72. The number of rotatable bonds is 7. The molecule has 1 heteroatoms. The van der Waals surface area contributed by atoms with E-state index in [4.69, 9.17) is 0 Å². The predicted octanol–water partition coefficient (Wildman–Crippen LogP) is 5.35. The first-order valence-electron chi connectivity index (χ1n) is 7.37. The summed E-state index contributed by atoms with van der Waals surface area (Å²) in [7, 11) is 0. The van der Waals surface area contributed by atoms with Crippen molar-refractivity contribution in [1.82, 2.24) is 0 Å². The van der Waals surface area contributed by atoms with E-state index in [0.717, 1.165) is 12.3 Å². The van der Waals surface area contributed by atoms with Gasteiger partial charge in [-0.05, 0) is 48.3 Å². The highest BCUT2D eigenvalue weighted by Crippen LogP contribution is 2.34. The van der Waals surface area contributed by atoms with E-state index in [1.54, 1.807) is 6.07 Å². The highest BCUT2D eigenvalue weighted by atomic mass is 16.3. The van der Waals surface area contributed by atoms with Crippen molar-refractivity contribution in [3.63, 3.8) is 0 Å². The van der Waals surface area contributed by atoms with Crippen LogP contribution in [0.25, 0.3) is 0 Å². The van der Waals surface area contributed by atoms with Crippen LogP contribution < -0.4 is 0 Å². The minimum absolute atomic E-state index is 0.389. The number of hydrogen-bond donors (Lipinski definition) is 1. The average Bonchev–Trinajstić information content (AvgIpc) is 2.30. The Labute approximate surface area is 112 Å². The summed E-state index contributed by atoms with van der Waals surface area (Å²) >= 11 is 0. The van der Waals surface area contributed by atoms with Crippen LogP contribution in [0, 0.1) is 11.8 Å². The lowest BCUT2D eigenvalue weighted by Gasteiger charge is -2.26. The molecule has 1 aromatic rings. The Hall–Kier alpha value is -0.980. The van der Waals surface area contributed by atoms with Gasteiger partial charge in [0.25, 0.3) is 0 Å². The third-order valence-corrected chi connectivity index (χ3v) is 3.98. The van der Waals surface area contributed by atoms with E-state index < -0.39 is 0 Å². The van der Waals surface area contributed by atoms with Crippen molar-refractivity contribution in [2.75, 3.05) is 0 Å². The van der Waals surface area contributed by atoms with E-state index in [1.807, 2.05) is 12.1 Å². The molecule has 0 radical (unpaired) electrons. The number of benzene rings is 1. The normalized spacial score (nSPS) is 16.2. The highest BCUT2D eigenvalue weighted by molar-refractivity contribution is 5.30. The molecule has 1 aromatic carbocycles. The van der Waals surface area contributed by atoms with Gasteiger partial charge in [-0.1, -0.05) is 52.7 Å². The van der Waals surface area contributed by atoms with Crippen molar-refractivity contribution in [3.05, 3.63) is 29.8 Å². The van der Waals surface area contributed by atoms with Crippen molar-refractivity contribution in [2.45, 2.75) is 59.3 Å². The number of phenolic OH excluding ortho intramolecular Hbond substituents is 1. The quantitative estimate of drug-likeness (QED) is 0.689. The Kier molecular flexibility index (Phi) is 6.24. The fraction of sp³-hybridized carbons (Fsp3) is 0.647. The molecule has 0 aromatic heterocycles. The molecule has 0 fully saturated rings. The molecular weight excluding hydrogens is 220 g/mol. The van der Waals surface area contributed by atoms with Gasteiger partial charge in [0.15, 0.2) is 0 Å². The van der Waals surface area contributed by atoms with Crippen LogP contribution in [0.15, 0.2) is 24.3 Å². The van der Waals surface area contributed by atoms with Crippen molar-refractivity contribution >= 4 is 0 Å². The Bertz CT molecular complexity index is 345. The third-order valence-electron chi connectivity index (χ3n) is 3.98. The minimum Gasteiger partial charge on any atom is -0.508 e. The Morgan fingerprint density at radius 2 is 1.89 bits per heavy atom. The van der Waals surface area contributed by atoms with Gasteiger partial charge in [0, 0.05) is 0 Å². The van der Waals surface area contributed by atoms with Crippen LogP contribution in [-0.4, -0.2) is 5.11 Å². The minimum atomic E-state index is 0.389. The van der Waals surface area contributed by atoms with Crippen LogP contribution >= 0.6 is 0 Å². The summed E-state index contributed by atoms with van der Waals surface area (Å²) in [6, 6.07) is 7.78. The number of hydrogen-bond acceptors (Lipinski definition) is 1. The summed E-state index contributed by atoms with van der Waals surface area (Å²) < 4.78 is 0. The van der Waals surface area contributed by atoms with Crippen molar-refractivity contribution < 1.29 is 5.11 Å². The lowest BCUT2D eigenvalue weighted by Crippen LogP contribution is -2.12. The maximum atomic E-state index is 9.61. The van der Waals surface area contributed by atoms with Crippen LogP contribution in [0.1, 0.15) is 64.9 Å². The predicted molar refractivity (Wildman–Crippen MR) is 79.0 cm³/mol. The van der Waals surface area contributed by atoms with Crippen LogP contribution in [0.5, 0.6) is 5.75 Å². The molecule has 0 bridgehead atoms. The zero-order valence-corrected chi connectivity index (χ0v) is 12.3. The molecule has 3 atom stereocenters. The van der Waals surface area contributed by atoms with Crippen molar-refractivity contribution in [2.24, 2.45) is 11.8 Å². The van der Waals surface area contributed by atoms with Gasteiger partial charge < -0.3 is 5.11 Å². The smallest absolute Gasteiger partial charge is 0.115 e. The fourth-order valence-corrected chi connectivity index (χ4v) is 3.13. The molecule has 0 spiro atoms. The van der Waals surface area contributed by atoms with Crippen LogP contribution in [-0.2, 0) is 0 Å². The van der Waals surface area contributed by atoms with Crippen LogP contribution in [0.3, 0.4) is 0 Å². The summed E-state index contributed by atoms with van der Waals surface area (Å²) in [4.78, 5) is 0.